The Morgan fingerprint density at radius 2 is 2.10 bits per heavy atom. The SMILES string of the molecule is CC1(C)CCCN1C(=O)c1cc(N)nc2ccccc12. The van der Waals surface area contributed by atoms with Gasteiger partial charge < -0.3 is 10.6 Å². The molecule has 1 aliphatic heterocycles. The number of nitrogens with zero attached hydrogens (tertiary/aromatic N) is 2. The van der Waals surface area contributed by atoms with Crippen LogP contribution >= 0.6 is 0 Å². The normalized spacial score (nSPS) is 17.6. The van der Waals surface area contributed by atoms with E-state index in [1.54, 1.807) is 6.07 Å². The van der Waals surface area contributed by atoms with Gasteiger partial charge in [-0.3, -0.25) is 4.79 Å². The Kier molecular flexibility index (Phi) is 2.89. The van der Waals surface area contributed by atoms with E-state index in [2.05, 4.69) is 18.8 Å². The summed E-state index contributed by atoms with van der Waals surface area (Å²) in [6.07, 6.45) is 2.09. The van der Waals surface area contributed by atoms with Crippen molar-refractivity contribution < 1.29 is 4.79 Å². The first kappa shape index (κ1) is 12.9. The van der Waals surface area contributed by atoms with Crippen LogP contribution in [-0.2, 0) is 0 Å². The lowest BCUT2D eigenvalue weighted by atomic mass is 10.0. The second kappa shape index (κ2) is 4.47. The van der Waals surface area contributed by atoms with E-state index in [-0.39, 0.29) is 11.4 Å². The highest BCUT2D eigenvalue weighted by Crippen LogP contribution is 2.31. The minimum atomic E-state index is -0.0871. The summed E-state index contributed by atoms with van der Waals surface area (Å²) in [5.41, 5.74) is 7.19. The van der Waals surface area contributed by atoms with Crippen molar-refractivity contribution in [3.05, 3.63) is 35.9 Å². The highest BCUT2D eigenvalue weighted by Gasteiger charge is 2.36. The standard InChI is InChI=1S/C16H19N3O/c1-16(2)8-5-9-19(16)15(20)12-10-14(17)18-13-7-4-3-6-11(12)13/h3-4,6-7,10H,5,8-9H2,1-2H3,(H2,17,18). The summed E-state index contributed by atoms with van der Waals surface area (Å²) in [7, 11) is 0. The number of hydrogen-bond acceptors (Lipinski definition) is 3. The molecule has 1 aromatic heterocycles. The molecule has 3 rings (SSSR count). The third-order valence-electron chi connectivity index (χ3n) is 4.11. The fourth-order valence-corrected chi connectivity index (χ4v) is 3.00. The molecule has 0 aliphatic carbocycles. The molecular weight excluding hydrogens is 250 g/mol. The third-order valence-corrected chi connectivity index (χ3v) is 4.11. The Morgan fingerprint density at radius 3 is 2.80 bits per heavy atom. The number of hydrogen-bond donors (Lipinski definition) is 1. The number of para-hydroxylation sites is 1. The topological polar surface area (TPSA) is 59.2 Å². The summed E-state index contributed by atoms with van der Waals surface area (Å²) >= 11 is 0. The number of rotatable bonds is 1. The number of likely N-dealkylation sites (tertiary alicyclic amines) is 1. The van der Waals surface area contributed by atoms with Crippen LogP contribution in [0.3, 0.4) is 0 Å². The number of fused-ring (bicyclic) bond motifs is 1. The van der Waals surface area contributed by atoms with E-state index < -0.39 is 0 Å². The molecule has 1 aromatic carbocycles. The quantitative estimate of drug-likeness (QED) is 0.866. The number of anilines is 1. The van der Waals surface area contributed by atoms with E-state index >= 15 is 0 Å². The zero-order chi connectivity index (χ0) is 14.3. The molecule has 1 fully saturated rings. The van der Waals surface area contributed by atoms with Gasteiger partial charge in [0.2, 0.25) is 0 Å². The Bertz CT molecular complexity index is 678. The van der Waals surface area contributed by atoms with Crippen LogP contribution in [-0.4, -0.2) is 27.9 Å². The Hall–Kier alpha value is -2.10. The van der Waals surface area contributed by atoms with Gasteiger partial charge in [0.25, 0.3) is 5.91 Å². The van der Waals surface area contributed by atoms with Gasteiger partial charge in [0.05, 0.1) is 11.1 Å². The molecule has 20 heavy (non-hydrogen) atoms. The van der Waals surface area contributed by atoms with Gasteiger partial charge in [-0.25, -0.2) is 4.98 Å². The van der Waals surface area contributed by atoms with E-state index in [0.29, 0.717) is 11.4 Å². The van der Waals surface area contributed by atoms with Gasteiger partial charge >= 0.3 is 0 Å². The van der Waals surface area contributed by atoms with Gasteiger partial charge in [0.15, 0.2) is 0 Å². The van der Waals surface area contributed by atoms with Crippen LogP contribution in [0.4, 0.5) is 5.82 Å². The average molecular weight is 269 g/mol. The van der Waals surface area contributed by atoms with Gasteiger partial charge in [-0.2, -0.15) is 0 Å². The maximum absolute atomic E-state index is 12.9. The molecule has 2 aromatic rings. The molecule has 4 nitrogen and oxygen atoms in total. The van der Waals surface area contributed by atoms with Gasteiger partial charge in [-0.15, -0.1) is 0 Å². The maximum atomic E-state index is 12.9. The number of carbonyl (C=O) groups excluding carboxylic acids is 1. The molecule has 0 unspecified atom stereocenters. The molecule has 1 aliphatic rings. The molecule has 0 bridgehead atoms. The molecule has 2 heterocycles. The number of aromatic nitrogens is 1. The van der Waals surface area contributed by atoms with Crippen molar-refractivity contribution >= 4 is 22.6 Å². The van der Waals surface area contributed by atoms with Gasteiger partial charge in [0.1, 0.15) is 5.82 Å². The molecule has 0 spiro atoms. The van der Waals surface area contributed by atoms with E-state index in [9.17, 15) is 4.79 Å². The monoisotopic (exact) mass is 269 g/mol. The highest BCUT2D eigenvalue weighted by atomic mass is 16.2. The average Bonchev–Trinajstić information content (AvgIpc) is 2.76. The first-order chi connectivity index (χ1) is 9.49. The molecule has 0 atom stereocenters. The molecule has 104 valence electrons. The third kappa shape index (κ3) is 2.01. The van der Waals surface area contributed by atoms with E-state index in [1.807, 2.05) is 29.2 Å². The van der Waals surface area contributed by atoms with Crippen molar-refractivity contribution in [2.45, 2.75) is 32.2 Å². The molecule has 1 saturated heterocycles. The molecule has 2 N–H and O–H groups in total. The predicted octanol–water partition coefficient (Wildman–Crippen LogP) is 2.83. The summed E-state index contributed by atoms with van der Waals surface area (Å²) in [6.45, 7) is 5.04. The summed E-state index contributed by atoms with van der Waals surface area (Å²) in [5.74, 6) is 0.446. The van der Waals surface area contributed by atoms with Crippen LogP contribution in [0.2, 0.25) is 0 Å². The van der Waals surface area contributed by atoms with Crippen LogP contribution in [0, 0.1) is 0 Å². The van der Waals surface area contributed by atoms with Crippen LogP contribution in [0.5, 0.6) is 0 Å². The number of nitrogen functional groups attached to an aromatic ring is 1. The first-order valence-electron chi connectivity index (χ1n) is 6.96. The highest BCUT2D eigenvalue weighted by molar-refractivity contribution is 6.07. The van der Waals surface area contributed by atoms with Crippen LogP contribution in [0.1, 0.15) is 37.0 Å². The summed E-state index contributed by atoms with van der Waals surface area (Å²) in [4.78, 5) is 19.1. The number of nitrogens with two attached hydrogens (primary N) is 1. The Morgan fingerprint density at radius 1 is 1.35 bits per heavy atom. The van der Waals surface area contributed by atoms with E-state index in [4.69, 9.17) is 5.73 Å². The smallest absolute Gasteiger partial charge is 0.255 e. The van der Waals surface area contributed by atoms with E-state index in [0.717, 1.165) is 30.3 Å². The van der Waals surface area contributed by atoms with E-state index in [1.165, 1.54) is 0 Å². The number of carbonyl (C=O) groups is 1. The van der Waals surface area contributed by atoms with Gasteiger partial charge in [0, 0.05) is 17.5 Å². The van der Waals surface area contributed by atoms with Crippen LogP contribution in [0.15, 0.2) is 30.3 Å². The van der Waals surface area contributed by atoms with Crippen molar-refractivity contribution in [3.63, 3.8) is 0 Å². The summed E-state index contributed by atoms with van der Waals surface area (Å²) < 4.78 is 0. The van der Waals surface area contributed by atoms with Crippen molar-refractivity contribution in [2.24, 2.45) is 0 Å². The van der Waals surface area contributed by atoms with Crippen molar-refractivity contribution in [1.29, 1.82) is 0 Å². The van der Waals surface area contributed by atoms with Gasteiger partial charge in [-0.1, -0.05) is 18.2 Å². The largest absolute Gasteiger partial charge is 0.384 e. The molecular formula is C16H19N3O. The molecule has 1 amide bonds. The minimum absolute atomic E-state index is 0.0535. The van der Waals surface area contributed by atoms with Crippen molar-refractivity contribution in [1.82, 2.24) is 9.88 Å². The maximum Gasteiger partial charge on any atom is 0.255 e. The minimum Gasteiger partial charge on any atom is -0.384 e. The predicted molar refractivity (Wildman–Crippen MR) is 80.5 cm³/mol. The van der Waals surface area contributed by atoms with Crippen molar-refractivity contribution in [3.8, 4) is 0 Å². The molecule has 0 radical (unpaired) electrons. The van der Waals surface area contributed by atoms with Gasteiger partial charge in [-0.05, 0) is 38.8 Å². The number of amides is 1. The second-order valence-electron chi connectivity index (χ2n) is 5.98. The lowest BCUT2D eigenvalue weighted by Crippen LogP contribution is -2.42. The lowest BCUT2D eigenvalue weighted by Gasteiger charge is -2.32. The number of pyridine rings is 1. The fourth-order valence-electron chi connectivity index (χ4n) is 3.00. The Labute approximate surface area is 118 Å². The fraction of sp³-hybridized carbons (Fsp3) is 0.375. The summed E-state index contributed by atoms with van der Waals surface area (Å²) in [6, 6.07) is 9.34. The second-order valence-corrected chi connectivity index (χ2v) is 5.98. The molecule has 0 saturated carbocycles. The lowest BCUT2D eigenvalue weighted by molar-refractivity contribution is 0.0654. The molecule has 4 heteroatoms. The first-order valence-corrected chi connectivity index (χ1v) is 6.96. The van der Waals surface area contributed by atoms with Crippen molar-refractivity contribution in [2.75, 3.05) is 12.3 Å². The zero-order valence-electron chi connectivity index (χ0n) is 11.9. The summed E-state index contributed by atoms with van der Waals surface area (Å²) in [5, 5.41) is 0.870. The van der Waals surface area contributed by atoms with Crippen LogP contribution in [0.25, 0.3) is 10.9 Å². The van der Waals surface area contributed by atoms with Crippen LogP contribution < -0.4 is 5.73 Å². The Balaban J connectivity index is 2.12. The number of benzene rings is 1. The zero-order valence-corrected chi connectivity index (χ0v) is 11.9.